The van der Waals surface area contributed by atoms with E-state index in [1.807, 2.05) is 0 Å². The van der Waals surface area contributed by atoms with E-state index in [1.165, 1.54) is 18.4 Å². The Morgan fingerprint density at radius 1 is 1.33 bits per heavy atom. The smallest absolute Gasteiger partial charge is 0.343 e. The van der Waals surface area contributed by atoms with Crippen molar-refractivity contribution in [2.45, 2.75) is 6.42 Å². The number of nitrogens with zero attached hydrogens (tertiary/aromatic N) is 2. The summed E-state index contributed by atoms with van der Waals surface area (Å²) in [5.74, 6) is -0.200. The number of ether oxygens (including phenoxy) is 2. The lowest BCUT2D eigenvalue weighted by atomic mass is 10.2. The summed E-state index contributed by atoms with van der Waals surface area (Å²) in [6.45, 7) is 0.985. The fourth-order valence-electron chi connectivity index (χ4n) is 2.36. The maximum absolute atomic E-state index is 12.2. The lowest BCUT2D eigenvalue weighted by Gasteiger charge is -2.09. The molecular formula is C17H18N4O5S. The molecule has 0 bridgehead atoms. The normalized spacial score (nSPS) is 13.2. The first kappa shape index (κ1) is 18.6. The van der Waals surface area contributed by atoms with Gasteiger partial charge in [-0.3, -0.25) is 9.69 Å². The van der Waals surface area contributed by atoms with Crippen LogP contribution in [0, 0.1) is 0 Å². The third kappa shape index (κ3) is 4.94. The van der Waals surface area contributed by atoms with Crippen LogP contribution in [0.1, 0.15) is 5.69 Å². The minimum Gasteiger partial charge on any atom is -0.482 e. The number of aromatic nitrogens is 1. The van der Waals surface area contributed by atoms with Crippen LogP contribution in [-0.4, -0.2) is 49.7 Å². The molecule has 0 saturated carbocycles. The van der Waals surface area contributed by atoms with E-state index in [0.717, 1.165) is 0 Å². The molecule has 142 valence electrons. The van der Waals surface area contributed by atoms with Crippen molar-refractivity contribution < 1.29 is 23.9 Å². The van der Waals surface area contributed by atoms with E-state index in [-0.39, 0.29) is 25.0 Å². The summed E-state index contributed by atoms with van der Waals surface area (Å²) in [5.41, 5.74) is 1.20. The number of rotatable bonds is 7. The van der Waals surface area contributed by atoms with Crippen LogP contribution in [0.25, 0.3) is 0 Å². The molecule has 3 amide bonds. The Morgan fingerprint density at radius 3 is 2.78 bits per heavy atom. The molecule has 3 rings (SSSR count). The van der Waals surface area contributed by atoms with Crippen molar-refractivity contribution in [3.63, 3.8) is 0 Å². The summed E-state index contributed by atoms with van der Waals surface area (Å²) in [6.07, 6.45) is 0.104. The van der Waals surface area contributed by atoms with Crippen molar-refractivity contribution in [2.75, 3.05) is 37.0 Å². The van der Waals surface area contributed by atoms with Crippen LogP contribution in [0.15, 0.2) is 29.6 Å². The van der Waals surface area contributed by atoms with Crippen molar-refractivity contribution >= 4 is 40.1 Å². The Hall–Kier alpha value is -3.14. The average Bonchev–Trinajstić information content (AvgIpc) is 3.29. The van der Waals surface area contributed by atoms with Gasteiger partial charge in [0.15, 0.2) is 11.7 Å². The summed E-state index contributed by atoms with van der Waals surface area (Å²) in [5, 5.41) is 7.83. The fourth-order valence-corrected chi connectivity index (χ4v) is 3.21. The molecule has 27 heavy (non-hydrogen) atoms. The number of carbonyl (C=O) groups is 3. The number of benzene rings is 1. The highest BCUT2D eigenvalue weighted by molar-refractivity contribution is 7.14. The van der Waals surface area contributed by atoms with Gasteiger partial charge in [-0.15, -0.1) is 11.3 Å². The van der Waals surface area contributed by atoms with E-state index < -0.39 is 5.97 Å². The van der Waals surface area contributed by atoms with Gasteiger partial charge in [0.1, 0.15) is 5.75 Å². The molecule has 1 aliphatic heterocycles. The number of amides is 3. The number of anilines is 2. The van der Waals surface area contributed by atoms with Crippen molar-refractivity contribution in [2.24, 2.45) is 0 Å². The molecule has 9 nitrogen and oxygen atoms in total. The molecule has 2 heterocycles. The molecule has 10 heteroatoms. The van der Waals surface area contributed by atoms with Crippen LogP contribution in [0.2, 0.25) is 0 Å². The molecule has 0 aliphatic carbocycles. The Bertz CT molecular complexity index is 836. The van der Waals surface area contributed by atoms with Crippen LogP contribution in [-0.2, 0) is 20.7 Å². The predicted octanol–water partition coefficient (Wildman–Crippen LogP) is 1.41. The SMILES string of the molecule is COC(=O)COc1ccc(NC(=O)Cc2csc(N3CCNC3=O)n2)cc1. The minimum absolute atomic E-state index is 0.104. The molecule has 1 aromatic heterocycles. The summed E-state index contributed by atoms with van der Waals surface area (Å²) >= 11 is 1.33. The number of carbonyl (C=O) groups excluding carboxylic acids is 3. The zero-order valence-corrected chi connectivity index (χ0v) is 15.4. The highest BCUT2D eigenvalue weighted by atomic mass is 32.1. The lowest BCUT2D eigenvalue weighted by molar-refractivity contribution is -0.142. The third-order valence-electron chi connectivity index (χ3n) is 3.69. The monoisotopic (exact) mass is 390 g/mol. The standard InChI is InChI=1S/C17H18N4O5S/c1-25-15(23)9-26-13-4-2-11(3-5-13)19-14(22)8-12-10-27-17(20-12)21-7-6-18-16(21)24/h2-5,10H,6-9H2,1H3,(H,18,24)(H,19,22). The number of hydrogen-bond acceptors (Lipinski definition) is 7. The predicted molar refractivity (Wildman–Crippen MR) is 99.1 cm³/mol. The van der Waals surface area contributed by atoms with Gasteiger partial charge in [-0.25, -0.2) is 14.6 Å². The van der Waals surface area contributed by atoms with Crippen LogP contribution in [0.4, 0.5) is 15.6 Å². The molecule has 0 atom stereocenters. The highest BCUT2D eigenvalue weighted by Gasteiger charge is 2.24. The molecule has 2 N–H and O–H groups in total. The van der Waals surface area contributed by atoms with Gasteiger partial charge in [-0.1, -0.05) is 0 Å². The van der Waals surface area contributed by atoms with Gasteiger partial charge >= 0.3 is 12.0 Å². The van der Waals surface area contributed by atoms with E-state index in [0.29, 0.717) is 35.4 Å². The van der Waals surface area contributed by atoms with Crippen LogP contribution >= 0.6 is 11.3 Å². The van der Waals surface area contributed by atoms with Crippen molar-refractivity contribution in [3.8, 4) is 5.75 Å². The second-order valence-electron chi connectivity index (χ2n) is 5.62. The maximum Gasteiger partial charge on any atom is 0.343 e. The van der Waals surface area contributed by atoms with Gasteiger partial charge in [0.25, 0.3) is 0 Å². The van der Waals surface area contributed by atoms with Crippen molar-refractivity contribution in [3.05, 3.63) is 35.3 Å². The summed E-state index contributed by atoms with van der Waals surface area (Å²) in [4.78, 5) is 40.8. The molecule has 1 aliphatic rings. The molecule has 0 spiro atoms. The molecule has 1 saturated heterocycles. The fraction of sp³-hybridized carbons (Fsp3) is 0.294. The number of methoxy groups -OCH3 is 1. The van der Waals surface area contributed by atoms with Gasteiger partial charge in [0.05, 0.1) is 19.2 Å². The maximum atomic E-state index is 12.2. The van der Waals surface area contributed by atoms with E-state index in [1.54, 1.807) is 34.5 Å². The first-order chi connectivity index (χ1) is 13.0. The molecular weight excluding hydrogens is 372 g/mol. The second kappa shape index (κ2) is 8.49. The van der Waals surface area contributed by atoms with E-state index >= 15 is 0 Å². The topological polar surface area (TPSA) is 110 Å². The Kier molecular flexibility index (Phi) is 5.87. The van der Waals surface area contributed by atoms with Gasteiger partial charge in [0, 0.05) is 24.2 Å². The molecule has 1 aromatic carbocycles. The molecule has 1 fully saturated rings. The van der Waals surface area contributed by atoms with Gasteiger partial charge < -0.3 is 20.1 Å². The molecule has 0 unspecified atom stereocenters. The quantitative estimate of drug-likeness (QED) is 0.692. The van der Waals surface area contributed by atoms with Gasteiger partial charge in [-0.05, 0) is 24.3 Å². The first-order valence-corrected chi connectivity index (χ1v) is 9.02. The summed E-state index contributed by atoms with van der Waals surface area (Å²) in [7, 11) is 1.29. The zero-order valence-electron chi connectivity index (χ0n) is 14.6. The Morgan fingerprint density at radius 2 is 2.11 bits per heavy atom. The van der Waals surface area contributed by atoms with Gasteiger partial charge in [0.2, 0.25) is 5.91 Å². The average molecular weight is 390 g/mol. The second-order valence-corrected chi connectivity index (χ2v) is 6.46. The van der Waals surface area contributed by atoms with Gasteiger partial charge in [-0.2, -0.15) is 0 Å². The van der Waals surface area contributed by atoms with E-state index in [2.05, 4.69) is 20.4 Å². The lowest BCUT2D eigenvalue weighted by Crippen LogP contribution is -2.27. The summed E-state index contributed by atoms with van der Waals surface area (Å²) < 4.78 is 9.74. The molecule has 0 radical (unpaired) electrons. The number of thiazole rings is 1. The van der Waals surface area contributed by atoms with E-state index in [4.69, 9.17) is 4.74 Å². The van der Waals surface area contributed by atoms with Crippen molar-refractivity contribution in [1.29, 1.82) is 0 Å². The Balaban J connectivity index is 1.51. The number of hydrogen-bond donors (Lipinski definition) is 2. The number of esters is 1. The van der Waals surface area contributed by atoms with Crippen LogP contribution in [0.3, 0.4) is 0 Å². The van der Waals surface area contributed by atoms with Crippen molar-refractivity contribution in [1.82, 2.24) is 10.3 Å². The van der Waals surface area contributed by atoms with Crippen LogP contribution in [0.5, 0.6) is 5.75 Å². The number of urea groups is 1. The summed E-state index contributed by atoms with van der Waals surface area (Å²) in [6, 6.07) is 6.46. The minimum atomic E-state index is -0.471. The van der Waals surface area contributed by atoms with Crippen LogP contribution < -0.4 is 20.3 Å². The Labute approximate surface area is 159 Å². The number of nitrogens with one attached hydrogen (secondary N) is 2. The largest absolute Gasteiger partial charge is 0.482 e. The first-order valence-electron chi connectivity index (χ1n) is 8.14. The zero-order chi connectivity index (χ0) is 19.2. The highest BCUT2D eigenvalue weighted by Crippen LogP contribution is 2.22. The molecule has 2 aromatic rings. The third-order valence-corrected chi connectivity index (χ3v) is 4.60. The van der Waals surface area contributed by atoms with E-state index in [9.17, 15) is 14.4 Å².